The summed E-state index contributed by atoms with van der Waals surface area (Å²) in [5.74, 6) is 6.84. The molecule has 0 atom stereocenters. The third kappa shape index (κ3) is 3.68. The molecular formula is C18H13N3. The van der Waals surface area contributed by atoms with E-state index in [0.717, 1.165) is 11.1 Å². The van der Waals surface area contributed by atoms with Crippen LogP contribution in [-0.2, 0) is 0 Å². The molecule has 0 N–H and O–H groups in total. The highest BCUT2D eigenvalue weighted by Gasteiger charge is 1.92. The Morgan fingerprint density at radius 2 is 1.48 bits per heavy atom. The van der Waals surface area contributed by atoms with Gasteiger partial charge in [-0.25, -0.2) is 0 Å². The van der Waals surface area contributed by atoms with Crippen LogP contribution in [0.4, 0.5) is 5.82 Å². The fourth-order valence-corrected chi connectivity index (χ4v) is 1.76. The lowest BCUT2D eigenvalue weighted by Crippen LogP contribution is -2.26. The summed E-state index contributed by atoms with van der Waals surface area (Å²) >= 11 is 0. The van der Waals surface area contributed by atoms with Gasteiger partial charge in [0.25, 0.3) is 0 Å². The second kappa shape index (κ2) is 6.36. The van der Waals surface area contributed by atoms with Crippen molar-refractivity contribution in [2.75, 3.05) is 0 Å². The summed E-state index contributed by atoms with van der Waals surface area (Å²) in [6, 6.07) is 19.5. The average molecular weight is 271 g/mol. The van der Waals surface area contributed by atoms with Gasteiger partial charge in [-0.2, -0.15) is 10.1 Å². The Labute approximate surface area is 123 Å². The molecule has 1 aromatic carbocycles. The molecule has 3 rings (SSSR count). The smallest absolute Gasteiger partial charge is 0.182 e. The summed E-state index contributed by atoms with van der Waals surface area (Å²) in [5.41, 5.74) is 6.22. The molecule has 0 fully saturated rings. The van der Waals surface area contributed by atoms with Crippen LogP contribution in [-0.4, -0.2) is 4.98 Å². The van der Waals surface area contributed by atoms with E-state index in [0.29, 0.717) is 5.82 Å². The van der Waals surface area contributed by atoms with E-state index in [-0.39, 0.29) is 0 Å². The van der Waals surface area contributed by atoms with Crippen LogP contribution >= 0.6 is 0 Å². The third-order valence-electron chi connectivity index (χ3n) is 2.79. The Kier molecular flexibility index (Phi) is 3.90. The van der Waals surface area contributed by atoms with E-state index in [9.17, 15) is 0 Å². The molecule has 2 heterocycles. The number of rotatable bonds is 2. The van der Waals surface area contributed by atoms with E-state index in [1.54, 1.807) is 10.9 Å². The van der Waals surface area contributed by atoms with Crippen LogP contribution in [0.25, 0.3) is 5.43 Å². The maximum absolute atomic E-state index is 4.36. The highest BCUT2D eigenvalue weighted by molar-refractivity contribution is 5.45. The Hall–Kier alpha value is -3.12. The van der Waals surface area contributed by atoms with E-state index in [1.165, 1.54) is 0 Å². The summed E-state index contributed by atoms with van der Waals surface area (Å²) in [6.07, 6.45) is 5.47. The zero-order chi connectivity index (χ0) is 14.3. The topological polar surface area (TPSA) is 30.9 Å². The zero-order valence-corrected chi connectivity index (χ0v) is 11.3. The average Bonchev–Trinajstić information content (AvgIpc) is 2.56. The molecule has 0 amide bonds. The maximum atomic E-state index is 4.36. The molecule has 0 spiro atoms. The highest BCUT2D eigenvalue weighted by atomic mass is 15.4. The normalized spacial score (nSPS) is 9.52. The van der Waals surface area contributed by atoms with Gasteiger partial charge in [-0.05, 0) is 18.2 Å². The van der Waals surface area contributed by atoms with Gasteiger partial charge < -0.3 is 4.98 Å². The van der Waals surface area contributed by atoms with Crippen LogP contribution in [0, 0.1) is 11.8 Å². The van der Waals surface area contributed by atoms with Crippen LogP contribution in [0.1, 0.15) is 11.1 Å². The number of benzene rings is 1. The van der Waals surface area contributed by atoms with Gasteiger partial charge in [-0.1, -0.05) is 48.4 Å². The molecule has 100 valence electrons. The minimum atomic E-state index is 0.650. The number of pyridine rings is 2. The van der Waals surface area contributed by atoms with Gasteiger partial charge in [0.2, 0.25) is 0 Å². The first-order chi connectivity index (χ1) is 10.4. The molecule has 0 saturated heterocycles. The van der Waals surface area contributed by atoms with Crippen LogP contribution in [0.15, 0.2) is 79.3 Å². The van der Waals surface area contributed by atoms with Crippen molar-refractivity contribution in [2.45, 2.75) is 0 Å². The van der Waals surface area contributed by atoms with Crippen molar-refractivity contribution >= 4 is 5.82 Å². The van der Waals surface area contributed by atoms with E-state index < -0.39 is 0 Å². The predicted molar refractivity (Wildman–Crippen MR) is 81.7 cm³/mol. The molecule has 0 saturated carbocycles. The number of aromatic nitrogens is 2. The summed E-state index contributed by atoms with van der Waals surface area (Å²) in [6.45, 7) is 0. The molecule has 0 aliphatic rings. The van der Waals surface area contributed by atoms with E-state index in [1.807, 2.05) is 73.1 Å². The molecule has 0 bridgehead atoms. The molecule has 21 heavy (non-hydrogen) atoms. The lowest BCUT2D eigenvalue weighted by atomic mass is 10.2. The quantitative estimate of drug-likeness (QED) is 0.520. The van der Waals surface area contributed by atoms with Gasteiger partial charge in [0.05, 0.1) is 0 Å². The van der Waals surface area contributed by atoms with Crippen LogP contribution in [0.2, 0.25) is 0 Å². The first-order valence-corrected chi connectivity index (χ1v) is 6.62. The van der Waals surface area contributed by atoms with E-state index >= 15 is 0 Å². The van der Waals surface area contributed by atoms with Gasteiger partial charge in [0.1, 0.15) is 0 Å². The van der Waals surface area contributed by atoms with Crippen molar-refractivity contribution in [2.24, 2.45) is 0 Å². The lowest BCUT2D eigenvalue weighted by molar-refractivity contribution is -0.619. The predicted octanol–water partition coefficient (Wildman–Crippen LogP) is 3.24. The van der Waals surface area contributed by atoms with Crippen molar-refractivity contribution in [3.8, 4) is 11.8 Å². The van der Waals surface area contributed by atoms with E-state index in [2.05, 4.69) is 22.3 Å². The van der Waals surface area contributed by atoms with Gasteiger partial charge >= 0.3 is 0 Å². The number of hydrogen-bond donors (Lipinski definition) is 0. The molecule has 0 aliphatic heterocycles. The second-order valence-corrected chi connectivity index (χ2v) is 4.38. The largest absolute Gasteiger partial charge is 0.437 e. The minimum absolute atomic E-state index is 0.650. The van der Waals surface area contributed by atoms with Gasteiger partial charge in [-0.3, -0.25) is 0 Å². The Bertz CT molecular complexity index is 754. The summed E-state index contributed by atoms with van der Waals surface area (Å²) in [4.78, 5) is 4.30. The molecule has 0 radical (unpaired) electrons. The highest BCUT2D eigenvalue weighted by Crippen LogP contribution is 2.11. The molecule has 0 unspecified atom stereocenters. The first kappa shape index (κ1) is 12.9. The van der Waals surface area contributed by atoms with Gasteiger partial charge in [0.15, 0.2) is 12.4 Å². The maximum Gasteiger partial charge on any atom is 0.182 e. The fraction of sp³-hybridized carbons (Fsp3) is 0. The molecular weight excluding hydrogens is 258 g/mol. The Morgan fingerprint density at radius 1 is 0.762 bits per heavy atom. The SMILES string of the molecule is C(#Cc1ccc([N-][n+]2ccccc2)nc1)c1ccccc1. The van der Waals surface area contributed by atoms with E-state index in [4.69, 9.17) is 0 Å². The Morgan fingerprint density at radius 3 is 2.19 bits per heavy atom. The molecule has 3 aromatic rings. The van der Waals surface area contributed by atoms with Crippen molar-refractivity contribution < 1.29 is 4.68 Å². The van der Waals surface area contributed by atoms with Gasteiger partial charge in [-0.15, -0.1) is 0 Å². The van der Waals surface area contributed by atoms with Crippen LogP contribution in [0.3, 0.4) is 0 Å². The monoisotopic (exact) mass is 271 g/mol. The number of nitrogens with zero attached hydrogens (tertiary/aromatic N) is 3. The standard InChI is InChI=1S/C18H13N3/c1-3-7-16(8-4-1)9-10-17-11-12-18(19-15-17)20-21-13-5-2-6-14-21/h1-8,11-15H. The van der Waals surface area contributed by atoms with Crippen LogP contribution in [0.5, 0.6) is 0 Å². The molecule has 3 heteroatoms. The van der Waals surface area contributed by atoms with Gasteiger partial charge in [0, 0.05) is 29.1 Å². The molecule has 2 aromatic heterocycles. The fourth-order valence-electron chi connectivity index (χ4n) is 1.76. The third-order valence-corrected chi connectivity index (χ3v) is 2.79. The van der Waals surface area contributed by atoms with Crippen molar-refractivity contribution in [3.63, 3.8) is 0 Å². The molecule has 3 nitrogen and oxygen atoms in total. The van der Waals surface area contributed by atoms with Crippen LogP contribution < -0.4 is 4.68 Å². The summed E-state index contributed by atoms with van der Waals surface area (Å²) in [7, 11) is 0. The zero-order valence-electron chi connectivity index (χ0n) is 11.3. The van der Waals surface area contributed by atoms with Crippen molar-refractivity contribution in [1.29, 1.82) is 0 Å². The second-order valence-electron chi connectivity index (χ2n) is 4.38. The number of hydrogen-bond acceptors (Lipinski definition) is 1. The molecule has 0 aliphatic carbocycles. The summed E-state index contributed by atoms with van der Waals surface area (Å²) < 4.78 is 1.72. The summed E-state index contributed by atoms with van der Waals surface area (Å²) in [5, 5.41) is 0. The first-order valence-electron chi connectivity index (χ1n) is 6.62. The lowest BCUT2D eigenvalue weighted by Gasteiger charge is -2.07. The van der Waals surface area contributed by atoms with Crippen molar-refractivity contribution in [1.82, 2.24) is 4.98 Å². The minimum Gasteiger partial charge on any atom is -0.437 e. The van der Waals surface area contributed by atoms with Crippen molar-refractivity contribution in [3.05, 3.63) is 95.8 Å². The Balaban J connectivity index is 1.72.